The molecular formula is C11H11Cl2N3S. The molecule has 0 spiro atoms. The summed E-state index contributed by atoms with van der Waals surface area (Å²) >= 11 is 13.8. The molecule has 0 unspecified atom stereocenters. The highest BCUT2D eigenvalue weighted by Gasteiger charge is 2.12. The number of pyridine rings is 1. The fourth-order valence-electron chi connectivity index (χ4n) is 1.46. The Balaban J connectivity index is 2.15. The van der Waals surface area contributed by atoms with Crippen molar-refractivity contribution in [3.63, 3.8) is 0 Å². The van der Waals surface area contributed by atoms with Crippen LogP contribution in [0.4, 0.5) is 0 Å². The van der Waals surface area contributed by atoms with Gasteiger partial charge in [-0.15, -0.1) is 0 Å². The number of hydrogen-bond acceptors (Lipinski definition) is 3. The van der Waals surface area contributed by atoms with Crippen molar-refractivity contribution in [1.29, 1.82) is 0 Å². The zero-order valence-corrected chi connectivity index (χ0v) is 11.8. The molecule has 0 N–H and O–H groups in total. The number of aryl methyl sites for hydroxylation is 2. The summed E-state index contributed by atoms with van der Waals surface area (Å²) in [7, 11) is 1.83. The van der Waals surface area contributed by atoms with Crippen molar-refractivity contribution < 1.29 is 0 Å². The van der Waals surface area contributed by atoms with E-state index in [2.05, 4.69) is 10.1 Å². The molecule has 0 saturated carbocycles. The zero-order chi connectivity index (χ0) is 12.4. The molecular weight excluding hydrogens is 277 g/mol. The fourth-order valence-corrected chi connectivity index (χ4v) is 3.03. The highest BCUT2D eigenvalue weighted by atomic mass is 35.5. The van der Waals surface area contributed by atoms with E-state index in [1.165, 1.54) is 0 Å². The number of aromatic nitrogens is 3. The smallest absolute Gasteiger partial charge is 0.131 e. The lowest BCUT2D eigenvalue weighted by molar-refractivity contribution is 0.757. The van der Waals surface area contributed by atoms with Gasteiger partial charge < -0.3 is 0 Å². The van der Waals surface area contributed by atoms with Crippen molar-refractivity contribution in [3.8, 4) is 0 Å². The molecule has 3 nitrogen and oxygen atoms in total. The van der Waals surface area contributed by atoms with E-state index in [-0.39, 0.29) is 0 Å². The molecule has 2 aromatic rings. The van der Waals surface area contributed by atoms with E-state index >= 15 is 0 Å². The molecule has 0 radical (unpaired) electrons. The van der Waals surface area contributed by atoms with E-state index in [4.69, 9.17) is 23.2 Å². The van der Waals surface area contributed by atoms with Crippen LogP contribution < -0.4 is 0 Å². The van der Waals surface area contributed by atoms with Crippen molar-refractivity contribution in [2.24, 2.45) is 7.05 Å². The molecule has 0 amide bonds. The van der Waals surface area contributed by atoms with E-state index in [0.717, 1.165) is 22.0 Å². The largest absolute Gasteiger partial charge is 0.257 e. The van der Waals surface area contributed by atoms with Crippen LogP contribution in [-0.2, 0) is 12.8 Å². The summed E-state index contributed by atoms with van der Waals surface area (Å²) in [6.45, 7) is 1.95. The van der Waals surface area contributed by atoms with Crippen LogP contribution >= 0.6 is 35.0 Å². The van der Waals surface area contributed by atoms with Crippen LogP contribution in [0, 0.1) is 6.92 Å². The van der Waals surface area contributed by atoms with E-state index in [1.54, 1.807) is 22.6 Å². The zero-order valence-electron chi connectivity index (χ0n) is 9.44. The molecule has 0 fully saturated rings. The maximum Gasteiger partial charge on any atom is 0.131 e. The topological polar surface area (TPSA) is 30.7 Å². The van der Waals surface area contributed by atoms with Gasteiger partial charge in [-0.25, -0.2) is 4.98 Å². The Kier molecular flexibility index (Phi) is 3.97. The summed E-state index contributed by atoms with van der Waals surface area (Å²) in [5.41, 5.74) is 1.97. The molecule has 90 valence electrons. The number of thioether (sulfide) groups is 1. The van der Waals surface area contributed by atoms with Gasteiger partial charge >= 0.3 is 0 Å². The third-order valence-electron chi connectivity index (χ3n) is 2.35. The number of nitrogens with zero attached hydrogens (tertiary/aromatic N) is 3. The summed E-state index contributed by atoms with van der Waals surface area (Å²) in [6.07, 6.45) is 1.73. The second-order valence-electron chi connectivity index (χ2n) is 3.56. The molecule has 0 saturated heterocycles. The average Bonchev–Trinajstić information content (AvgIpc) is 2.53. The third-order valence-corrected chi connectivity index (χ3v) is 4.27. The highest BCUT2D eigenvalue weighted by molar-refractivity contribution is 7.98. The molecule has 2 rings (SSSR count). The van der Waals surface area contributed by atoms with Gasteiger partial charge in [0.25, 0.3) is 0 Å². The summed E-state index contributed by atoms with van der Waals surface area (Å²) < 4.78 is 1.67. The van der Waals surface area contributed by atoms with Crippen molar-refractivity contribution in [2.45, 2.75) is 17.7 Å². The second kappa shape index (κ2) is 5.29. The Bertz CT molecular complexity index is 540. The predicted molar refractivity (Wildman–Crippen MR) is 71.8 cm³/mol. The van der Waals surface area contributed by atoms with Crippen LogP contribution in [0.1, 0.15) is 11.3 Å². The van der Waals surface area contributed by atoms with Crippen LogP contribution in [0.25, 0.3) is 0 Å². The quantitative estimate of drug-likeness (QED) is 0.806. The fraction of sp³-hybridized carbons (Fsp3) is 0.273. The lowest BCUT2D eigenvalue weighted by atomic mass is 10.3. The first kappa shape index (κ1) is 12.7. The van der Waals surface area contributed by atoms with Crippen LogP contribution in [-0.4, -0.2) is 14.8 Å². The second-order valence-corrected chi connectivity index (χ2v) is 5.29. The predicted octanol–water partition coefficient (Wildman–Crippen LogP) is 3.72. The Hall–Kier alpha value is -0.710. The minimum Gasteiger partial charge on any atom is -0.257 e. The molecule has 2 heterocycles. The molecule has 17 heavy (non-hydrogen) atoms. The minimum absolute atomic E-state index is 0.662. The van der Waals surface area contributed by atoms with Crippen LogP contribution in [0.5, 0.6) is 0 Å². The maximum absolute atomic E-state index is 6.15. The summed E-state index contributed by atoms with van der Waals surface area (Å²) in [4.78, 5) is 4.22. The van der Waals surface area contributed by atoms with Gasteiger partial charge in [0.2, 0.25) is 0 Å². The average molecular weight is 288 g/mol. The standard InChI is InChI=1S/C11H11Cl2N3S/c1-7-8(10(13)16(2)15-7)6-17-11-9(12)4-3-5-14-11/h3-5H,6H2,1-2H3. The summed E-state index contributed by atoms with van der Waals surface area (Å²) in [6, 6.07) is 3.64. The highest BCUT2D eigenvalue weighted by Crippen LogP contribution is 2.30. The first-order valence-electron chi connectivity index (χ1n) is 5.01. The van der Waals surface area contributed by atoms with Gasteiger partial charge in [-0.2, -0.15) is 5.10 Å². The van der Waals surface area contributed by atoms with Crippen molar-refractivity contribution >= 4 is 35.0 Å². The number of rotatable bonds is 3. The Labute approximate surface area is 114 Å². The first-order valence-corrected chi connectivity index (χ1v) is 6.75. The van der Waals surface area contributed by atoms with Crippen molar-refractivity contribution in [3.05, 3.63) is 39.8 Å². The van der Waals surface area contributed by atoms with E-state index < -0.39 is 0 Å². The normalized spacial score (nSPS) is 10.8. The van der Waals surface area contributed by atoms with Gasteiger partial charge in [0.1, 0.15) is 10.2 Å². The third kappa shape index (κ3) is 2.76. The Morgan fingerprint density at radius 1 is 1.41 bits per heavy atom. The molecule has 0 aliphatic carbocycles. The van der Waals surface area contributed by atoms with Crippen LogP contribution in [0.3, 0.4) is 0 Å². The van der Waals surface area contributed by atoms with E-state index in [9.17, 15) is 0 Å². The lowest BCUT2D eigenvalue weighted by Gasteiger charge is -2.02. The van der Waals surface area contributed by atoms with Gasteiger partial charge in [-0.3, -0.25) is 4.68 Å². The maximum atomic E-state index is 6.15. The van der Waals surface area contributed by atoms with E-state index in [0.29, 0.717) is 10.2 Å². The first-order chi connectivity index (χ1) is 8.09. The lowest BCUT2D eigenvalue weighted by Crippen LogP contribution is -1.89. The van der Waals surface area contributed by atoms with Crippen molar-refractivity contribution in [1.82, 2.24) is 14.8 Å². The van der Waals surface area contributed by atoms with Gasteiger partial charge in [0.05, 0.1) is 10.7 Å². The van der Waals surface area contributed by atoms with Gasteiger partial charge in [-0.1, -0.05) is 35.0 Å². The molecule has 0 aliphatic rings. The molecule has 0 atom stereocenters. The number of halogens is 2. The van der Waals surface area contributed by atoms with Crippen LogP contribution in [0.2, 0.25) is 10.2 Å². The molecule has 0 aromatic carbocycles. The minimum atomic E-state index is 0.662. The van der Waals surface area contributed by atoms with Gasteiger partial charge in [-0.05, 0) is 19.1 Å². The van der Waals surface area contributed by atoms with Crippen molar-refractivity contribution in [2.75, 3.05) is 0 Å². The monoisotopic (exact) mass is 287 g/mol. The van der Waals surface area contributed by atoms with Crippen LogP contribution in [0.15, 0.2) is 23.4 Å². The Morgan fingerprint density at radius 3 is 2.76 bits per heavy atom. The van der Waals surface area contributed by atoms with E-state index in [1.807, 2.05) is 26.1 Å². The molecule has 0 aliphatic heterocycles. The summed E-state index contributed by atoms with van der Waals surface area (Å²) in [5, 5.41) is 6.41. The SMILES string of the molecule is Cc1nn(C)c(Cl)c1CSc1ncccc1Cl. The summed E-state index contributed by atoms with van der Waals surface area (Å²) in [5.74, 6) is 0.718. The molecule has 2 aromatic heterocycles. The Morgan fingerprint density at radius 2 is 2.18 bits per heavy atom. The van der Waals surface area contributed by atoms with Gasteiger partial charge in [0, 0.05) is 24.6 Å². The number of hydrogen-bond donors (Lipinski definition) is 0. The molecule has 0 bridgehead atoms. The van der Waals surface area contributed by atoms with Gasteiger partial charge in [0.15, 0.2) is 0 Å². The molecule has 6 heteroatoms.